The first-order valence-corrected chi connectivity index (χ1v) is 19.8. The summed E-state index contributed by atoms with van der Waals surface area (Å²) in [6.07, 6.45) is 0. The van der Waals surface area contributed by atoms with Gasteiger partial charge in [-0.05, 0) is 86.2 Å². The highest BCUT2D eigenvalue weighted by Gasteiger charge is 2.54. The largest absolute Gasteiger partial charge is 0.336 e. The average molecular weight is 714 g/mol. The Bertz CT molecular complexity index is 2360. The minimum Gasteiger partial charge on any atom is -0.336 e. The summed E-state index contributed by atoms with van der Waals surface area (Å²) in [5, 5.41) is 0. The van der Waals surface area contributed by atoms with Crippen LogP contribution in [0.5, 0.6) is 0 Å². The Morgan fingerprint density at radius 2 is 0.891 bits per heavy atom. The molecule has 7 aromatic carbocycles. The van der Waals surface area contributed by atoms with Crippen LogP contribution in [0.3, 0.4) is 0 Å². The molecule has 9 rings (SSSR count). The van der Waals surface area contributed by atoms with Crippen LogP contribution in [-0.2, 0) is 11.0 Å². The number of anilines is 4. The lowest BCUT2D eigenvalue weighted by Gasteiger charge is -2.46. The number of rotatable bonds is 7. The zero-order valence-corrected chi connectivity index (χ0v) is 32.8. The van der Waals surface area contributed by atoms with Gasteiger partial charge in [0.15, 0.2) is 0 Å². The molecule has 271 valence electrons. The third-order valence-corrected chi connectivity index (χ3v) is 12.1. The van der Waals surface area contributed by atoms with E-state index >= 15 is 0 Å². The predicted molar refractivity (Wildman–Crippen MR) is 231 cm³/mol. The van der Waals surface area contributed by atoms with Crippen LogP contribution in [0.2, 0.25) is 0 Å². The quantitative estimate of drug-likeness (QED) is 0.162. The summed E-state index contributed by atoms with van der Waals surface area (Å²) in [6.45, 7) is 14.0. The molecule has 2 heterocycles. The van der Waals surface area contributed by atoms with E-state index in [9.17, 15) is 0 Å². The van der Waals surface area contributed by atoms with Gasteiger partial charge in [0.1, 0.15) is 11.6 Å². The minimum atomic E-state index is -0.627. The van der Waals surface area contributed by atoms with Crippen LogP contribution in [0.25, 0.3) is 0 Å². The Hall–Kier alpha value is -5.86. The monoisotopic (exact) mass is 713 g/mol. The second-order valence-corrected chi connectivity index (χ2v) is 16.3. The minimum absolute atomic E-state index is 0.107. The van der Waals surface area contributed by atoms with Gasteiger partial charge in [-0.3, -0.25) is 0 Å². The van der Waals surface area contributed by atoms with E-state index in [-0.39, 0.29) is 5.41 Å². The molecule has 0 aliphatic carbocycles. The van der Waals surface area contributed by atoms with Crippen molar-refractivity contribution >= 4 is 22.7 Å². The molecule has 0 aromatic heterocycles. The Morgan fingerprint density at radius 1 is 0.436 bits per heavy atom. The normalized spacial score (nSPS) is 15.6. The molecule has 2 nitrogen and oxygen atoms in total. The molecule has 0 unspecified atom stereocenters. The summed E-state index contributed by atoms with van der Waals surface area (Å²) in [7, 11) is 0. The van der Waals surface area contributed by atoms with Gasteiger partial charge in [-0.1, -0.05) is 193 Å². The molecule has 7 aromatic rings. The van der Waals surface area contributed by atoms with E-state index in [2.05, 4.69) is 227 Å². The van der Waals surface area contributed by atoms with Gasteiger partial charge in [0.05, 0.1) is 11.4 Å². The number of fused-ring (bicyclic) bond motifs is 3. The molecular formula is C53H49N2. The van der Waals surface area contributed by atoms with Crippen LogP contribution in [0.1, 0.15) is 103 Å². The number of para-hydroxylation sites is 3. The zero-order chi connectivity index (χ0) is 37.9. The summed E-state index contributed by atoms with van der Waals surface area (Å²) in [4.78, 5) is 5.18. The standard InChI is InChI=1S/C53H49N2/c1-36(2)42-25-19-26-43(37(3)4)51(42)55-50(44-24-13-14-27-45(44)53(55,39-20-9-7-10-21-39)40-22-11-8-12-23-40)38-32-34-41(35-33-38)54-48-30-17-15-28-46(48)52(5,6)47-29-16-18-31-49(47)54/h7-37H,1-6H3. The fraction of sp³-hybridized carbons (Fsp3) is 0.189. The van der Waals surface area contributed by atoms with Crippen molar-refractivity contribution in [1.82, 2.24) is 0 Å². The molecule has 2 aliphatic rings. The Labute approximate surface area is 327 Å². The fourth-order valence-corrected chi connectivity index (χ4v) is 9.56. The summed E-state index contributed by atoms with van der Waals surface area (Å²) in [5.41, 5.74) is 15.8. The van der Waals surface area contributed by atoms with Crippen LogP contribution in [0, 0.1) is 6.04 Å². The third-order valence-electron chi connectivity index (χ3n) is 12.1. The van der Waals surface area contributed by atoms with E-state index in [4.69, 9.17) is 0 Å². The number of hydrogen-bond donors (Lipinski definition) is 0. The van der Waals surface area contributed by atoms with Gasteiger partial charge in [-0.15, -0.1) is 0 Å². The topological polar surface area (TPSA) is 6.48 Å². The van der Waals surface area contributed by atoms with Crippen molar-refractivity contribution in [2.75, 3.05) is 9.80 Å². The third kappa shape index (κ3) is 5.29. The zero-order valence-electron chi connectivity index (χ0n) is 32.8. The molecule has 0 atom stereocenters. The Morgan fingerprint density at radius 3 is 1.40 bits per heavy atom. The SMILES string of the molecule is CC(C)c1cccc(C(C)C)c1N1[C](c2ccc(N3c4ccccc4C(C)(C)c4ccccc43)cc2)c2ccccc2C1(c1ccccc1)c1ccccc1. The van der Waals surface area contributed by atoms with E-state index in [0.29, 0.717) is 11.8 Å². The van der Waals surface area contributed by atoms with Gasteiger partial charge in [0.2, 0.25) is 0 Å². The second-order valence-electron chi connectivity index (χ2n) is 16.3. The highest BCUT2D eigenvalue weighted by Crippen LogP contribution is 2.59. The smallest absolute Gasteiger partial charge is 0.124 e. The molecule has 2 aliphatic heterocycles. The molecule has 0 bridgehead atoms. The lowest BCUT2D eigenvalue weighted by atomic mass is 9.73. The van der Waals surface area contributed by atoms with Gasteiger partial charge < -0.3 is 9.80 Å². The van der Waals surface area contributed by atoms with Crippen molar-refractivity contribution < 1.29 is 0 Å². The van der Waals surface area contributed by atoms with Gasteiger partial charge in [0.25, 0.3) is 0 Å². The first-order valence-electron chi connectivity index (χ1n) is 19.8. The summed E-state index contributed by atoms with van der Waals surface area (Å²) < 4.78 is 0. The van der Waals surface area contributed by atoms with Crippen LogP contribution < -0.4 is 9.80 Å². The summed E-state index contributed by atoms with van der Waals surface area (Å²) in [6, 6.07) is 66.8. The van der Waals surface area contributed by atoms with Crippen molar-refractivity contribution in [3.05, 3.63) is 232 Å². The number of hydrogen-bond acceptors (Lipinski definition) is 2. The maximum absolute atomic E-state index is 2.73. The lowest BCUT2D eigenvalue weighted by molar-refractivity contribution is 0.613. The van der Waals surface area contributed by atoms with Crippen LogP contribution in [0.15, 0.2) is 176 Å². The number of nitrogens with zero attached hydrogens (tertiary/aromatic N) is 2. The molecule has 0 saturated carbocycles. The van der Waals surface area contributed by atoms with Gasteiger partial charge in [-0.25, -0.2) is 0 Å². The summed E-state index contributed by atoms with van der Waals surface area (Å²) in [5.74, 6) is 0.627. The first kappa shape index (κ1) is 34.9. The van der Waals surface area contributed by atoms with Gasteiger partial charge in [0, 0.05) is 16.8 Å². The van der Waals surface area contributed by atoms with E-state index in [1.54, 1.807) is 0 Å². The molecule has 1 radical (unpaired) electrons. The predicted octanol–water partition coefficient (Wildman–Crippen LogP) is 13.8. The van der Waals surface area contributed by atoms with Crippen molar-refractivity contribution in [3.63, 3.8) is 0 Å². The van der Waals surface area contributed by atoms with Gasteiger partial charge >= 0.3 is 0 Å². The molecule has 0 spiro atoms. The lowest BCUT2D eigenvalue weighted by Crippen LogP contribution is -2.46. The van der Waals surface area contributed by atoms with Crippen molar-refractivity contribution in [3.8, 4) is 0 Å². The van der Waals surface area contributed by atoms with Crippen LogP contribution in [0.4, 0.5) is 22.7 Å². The maximum atomic E-state index is 2.73. The number of benzene rings is 7. The fourth-order valence-electron chi connectivity index (χ4n) is 9.56. The van der Waals surface area contributed by atoms with Crippen molar-refractivity contribution in [2.24, 2.45) is 0 Å². The molecule has 0 saturated heterocycles. The molecular weight excluding hydrogens is 665 g/mol. The highest BCUT2D eigenvalue weighted by atomic mass is 15.3. The molecule has 0 amide bonds. The van der Waals surface area contributed by atoms with E-state index in [1.165, 1.54) is 73.2 Å². The average Bonchev–Trinajstić information content (AvgIpc) is 3.53. The van der Waals surface area contributed by atoms with E-state index in [0.717, 1.165) is 5.69 Å². The highest BCUT2D eigenvalue weighted by molar-refractivity contribution is 5.87. The molecule has 2 heteroatoms. The first-order chi connectivity index (χ1) is 26.7. The van der Waals surface area contributed by atoms with E-state index in [1.807, 2.05) is 0 Å². The Balaban J connectivity index is 1.32. The molecule has 0 fully saturated rings. The maximum Gasteiger partial charge on any atom is 0.124 e. The van der Waals surface area contributed by atoms with Crippen molar-refractivity contribution in [1.29, 1.82) is 0 Å². The van der Waals surface area contributed by atoms with Crippen LogP contribution in [-0.4, -0.2) is 0 Å². The molecule has 55 heavy (non-hydrogen) atoms. The second kappa shape index (κ2) is 13.5. The Kier molecular flexibility index (Phi) is 8.54. The molecule has 0 N–H and O–H groups in total. The van der Waals surface area contributed by atoms with Crippen LogP contribution >= 0.6 is 0 Å². The summed E-state index contributed by atoms with van der Waals surface area (Å²) >= 11 is 0. The van der Waals surface area contributed by atoms with E-state index < -0.39 is 5.54 Å². The van der Waals surface area contributed by atoms with Gasteiger partial charge in [-0.2, -0.15) is 0 Å². The van der Waals surface area contributed by atoms with Crippen molar-refractivity contribution in [2.45, 2.75) is 64.3 Å².